The van der Waals surface area contributed by atoms with Crippen LogP contribution in [-0.2, 0) is 11.3 Å². The first kappa shape index (κ1) is 15.1. The summed E-state index contributed by atoms with van der Waals surface area (Å²) in [4.78, 5) is 22.2. The van der Waals surface area contributed by atoms with Gasteiger partial charge >= 0.3 is 12.1 Å². The van der Waals surface area contributed by atoms with Gasteiger partial charge in [0.05, 0.1) is 0 Å². The zero-order chi connectivity index (χ0) is 14.5. The summed E-state index contributed by atoms with van der Waals surface area (Å²) in [6.45, 7) is -0.491. The van der Waals surface area contributed by atoms with E-state index in [1.807, 2.05) is 0 Å². The monoisotopic (exact) mass is 278 g/mol. The molecular formula is C11H13F3N2O3. The van der Waals surface area contributed by atoms with Crippen molar-refractivity contribution in [2.24, 2.45) is 0 Å². The minimum absolute atomic E-state index is 0.106. The number of hydrogen-bond acceptors (Lipinski definition) is 2. The van der Waals surface area contributed by atoms with Crippen LogP contribution < -0.4 is 5.32 Å². The highest BCUT2D eigenvalue weighted by Crippen LogP contribution is 2.20. The molecule has 106 valence electrons. The van der Waals surface area contributed by atoms with E-state index >= 15 is 0 Å². The van der Waals surface area contributed by atoms with Crippen molar-refractivity contribution < 1.29 is 27.9 Å². The minimum atomic E-state index is -4.24. The van der Waals surface area contributed by atoms with Gasteiger partial charge in [0, 0.05) is 19.2 Å². The van der Waals surface area contributed by atoms with Crippen LogP contribution in [0.4, 0.5) is 13.2 Å². The summed E-state index contributed by atoms with van der Waals surface area (Å²) in [5, 5.41) is 10.9. The zero-order valence-electron chi connectivity index (χ0n) is 9.91. The molecule has 0 aliphatic rings. The Morgan fingerprint density at radius 2 is 2.05 bits per heavy atom. The van der Waals surface area contributed by atoms with Crippen molar-refractivity contribution in [1.29, 1.82) is 0 Å². The maximum Gasteiger partial charge on any atom is 0.389 e. The topological polar surface area (TPSA) is 71.3 Å². The van der Waals surface area contributed by atoms with Crippen LogP contribution in [0, 0.1) is 0 Å². The van der Waals surface area contributed by atoms with E-state index in [2.05, 4.69) is 5.32 Å². The number of nitrogens with one attached hydrogen (secondary N) is 1. The van der Waals surface area contributed by atoms with Crippen molar-refractivity contribution in [3.05, 3.63) is 24.0 Å². The summed E-state index contributed by atoms with van der Waals surface area (Å²) < 4.78 is 36.8. The fourth-order valence-electron chi connectivity index (χ4n) is 1.49. The van der Waals surface area contributed by atoms with Gasteiger partial charge in [0.15, 0.2) is 0 Å². The van der Waals surface area contributed by atoms with Gasteiger partial charge in [-0.25, -0.2) is 0 Å². The van der Waals surface area contributed by atoms with E-state index in [0.717, 1.165) is 0 Å². The third-order valence-electron chi connectivity index (χ3n) is 2.29. The van der Waals surface area contributed by atoms with E-state index in [1.54, 1.807) is 0 Å². The number of nitrogens with zero attached hydrogens (tertiary/aromatic N) is 1. The molecule has 0 atom stereocenters. The average Bonchev–Trinajstić information content (AvgIpc) is 2.70. The van der Waals surface area contributed by atoms with Gasteiger partial charge in [0.1, 0.15) is 12.2 Å². The van der Waals surface area contributed by atoms with Gasteiger partial charge in [0.2, 0.25) is 0 Å². The second kappa shape index (κ2) is 6.26. The molecule has 0 bridgehead atoms. The molecule has 2 N–H and O–H groups in total. The maximum absolute atomic E-state index is 11.9. The molecule has 0 aromatic carbocycles. The predicted octanol–water partition coefficient (Wildman–Crippen LogP) is 1.65. The third kappa shape index (κ3) is 5.45. The van der Waals surface area contributed by atoms with Crippen molar-refractivity contribution in [1.82, 2.24) is 9.88 Å². The van der Waals surface area contributed by atoms with E-state index < -0.39 is 24.5 Å². The van der Waals surface area contributed by atoms with Crippen LogP contribution in [0.25, 0.3) is 0 Å². The second-order valence-corrected chi connectivity index (χ2v) is 3.89. The average molecular weight is 278 g/mol. The number of carboxylic acid groups (broad SMARTS) is 1. The summed E-state index contributed by atoms with van der Waals surface area (Å²) >= 11 is 0. The molecule has 8 heteroatoms. The number of carboxylic acids is 1. The summed E-state index contributed by atoms with van der Waals surface area (Å²) in [5.74, 6) is -1.70. The largest absolute Gasteiger partial charge is 0.480 e. The van der Waals surface area contributed by atoms with Crippen molar-refractivity contribution in [3.8, 4) is 0 Å². The number of hydrogen-bond donors (Lipinski definition) is 2. The second-order valence-electron chi connectivity index (χ2n) is 3.89. The normalized spacial score (nSPS) is 11.3. The summed E-state index contributed by atoms with van der Waals surface area (Å²) in [7, 11) is 0. The lowest BCUT2D eigenvalue weighted by atomic mass is 10.3. The standard InChI is InChI=1S/C11H13F3N2O3/c12-11(13,14)4-2-5-15-10(19)8-3-1-6-16(8)7-9(17)18/h1,3,6H,2,4-5,7H2,(H,15,19)(H,17,18). The first-order valence-electron chi connectivity index (χ1n) is 5.51. The zero-order valence-corrected chi connectivity index (χ0v) is 9.91. The van der Waals surface area contributed by atoms with E-state index in [1.165, 1.54) is 22.9 Å². The lowest BCUT2D eigenvalue weighted by Gasteiger charge is -2.09. The molecule has 1 heterocycles. The SMILES string of the molecule is O=C(O)Cn1cccc1C(=O)NCCCC(F)(F)F. The first-order valence-corrected chi connectivity index (χ1v) is 5.51. The van der Waals surface area contributed by atoms with Crippen LogP contribution in [0.2, 0.25) is 0 Å². The molecule has 1 aromatic heterocycles. The van der Waals surface area contributed by atoms with Crippen LogP contribution in [0.3, 0.4) is 0 Å². The Labute approximate surface area is 107 Å². The van der Waals surface area contributed by atoms with Crippen LogP contribution in [0.15, 0.2) is 18.3 Å². The molecule has 1 rings (SSSR count). The Morgan fingerprint density at radius 3 is 2.63 bits per heavy atom. The number of amides is 1. The highest BCUT2D eigenvalue weighted by molar-refractivity contribution is 5.93. The van der Waals surface area contributed by atoms with Gasteiger partial charge in [-0.3, -0.25) is 9.59 Å². The molecule has 19 heavy (non-hydrogen) atoms. The number of rotatable bonds is 6. The molecular weight excluding hydrogens is 265 g/mol. The first-order chi connectivity index (χ1) is 8.79. The maximum atomic E-state index is 11.9. The van der Waals surface area contributed by atoms with Gasteiger partial charge in [0.25, 0.3) is 5.91 Å². The number of carbonyl (C=O) groups excluding carboxylic acids is 1. The van der Waals surface area contributed by atoms with Crippen molar-refractivity contribution >= 4 is 11.9 Å². The molecule has 0 radical (unpaired) electrons. The van der Waals surface area contributed by atoms with Gasteiger partial charge in [-0.15, -0.1) is 0 Å². The van der Waals surface area contributed by atoms with Gasteiger partial charge in [-0.1, -0.05) is 0 Å². The fourth-order valence-corrected chi connectivity index (χ4v) is 1.49. The van der Waals surface area contributed by atoms with Crippen molar-refractivity contribution in [3.63, 3.8) is 0 Å². The number of carbonyl (C=O) groups is 2. The smallest absolute Gasteiger partial charge is 0.389 e. The molecule has 0 fully saturated rings. The summed E-state index contributed by atoms with van der Waals surface area (Å²) in [5.41, 5.74) is 0.106. The van der Waals surface area contributed by atoms with Crippen molar-refractivity contribution in [2.45, 2.75) is 25.6 Å². The van der Waals surface area contributed by atoms with E-state index in [9.17, 15) is 22.8 Å². The quantitative estimate of drug-likeness (QED) is 0.777. The number of halogens is 3. The molecule has 0 saturated carbocycles. The predicted molar refractivity (Wildman–Crippen MR) is 59.7 cm³/mol. The van der Waals surface area contributed by atoms with E-state index in [-0.39, 0.29) is 25.2 Å². The van der Waals surface area contributed by atoms with Crippen LogP contribution in [0.5, 0.6) is 0 Å². The van der Waals surface area contributed by atoms with Crippen LogP contribution >= 0.6 is 0 Å². The van der Waals surface area contributed by atoms with Crippen LogP contribution in [0.1, 0.15) is 23.3 Å². The lowest BCUT2D eigenvalue weighted by Crippen LogP contribution is -2.28. The summed E-state index contributed by atoms with van der Waals surface area (Å²) in [6.07, 6.45) is -4.01. The number of alkyl halides is 3. The Bertz CT molecular complexity index is 454. The van der Waals surface area contributed by atoms with Crippen LogP contribution in [-0.4, -0.2) is 34.3 Å². The van der Waals surface area contributed by atoms with Crippen molar-refractivity contribution in [2.75, 3.05) is 6.54 Å². The van der Waals surface area contributed by atoms with E-state index in [4.69, 9.17) is 5.11 Å². The van der Waals surface area contributed by atoms with Gasteiger partial charge < -0.3 is 15.0 Å². The Morgan fingerprint density at radius 1 is 1.37 bits per heavy atom. The third-order valence-corrected chi connectivity index (χ3v) is 2.29. The molecule has 0 saturated heterocycles. The molecule has 0 unspecified atom stereocenters. The number of aromatic nitrogens is 1. The fraction of sp³-hybridized carbons (Fsp3) is 0.455. The minimum Gasteiger partial charge on any atom is -0.480 e. The molecule has 0 spiro atoms. The van der Waals surface area contributed by atoms with Gasteiger partial charge in [-0.2, -0.15) is 13.2 Å². The molecule has 0 aliphatic carbocycles. The highest BCUT2D eigenvalue weighted by atomic mass is 19.4. The lowest BCUT2D eigenvalue weighted by molar-refractivity contribution is -0.138. The Balaban J connectivity index is 2.46. The number of aliphatic carboxylic acids is 1. The molecule has 0 aliphatic heterocycles. The van der Waals surface area contributed by atoms with E-state index in [0.29, 0.717) is 0 Å². The molecule has 1 amide bonds. The molecule has 1 aromatic rings. The highest BCUT2D eigenvalue weighted by Gasteiger charge is 2.26. The molecule has 5 nitrogen and oxygen atoms in total. The summed E-state index contributed by atoms with van der Waals surface area (Å²) in [6, 6.07) is 2.90. The Hall–Kier alpha value is -1.99. The Kier molecular flexibility index (Phi) is 4.96. The van der Waals surface area contributed by atoms with Gasteiger partial charge in [-0.05, 0) is 18.6 Å².